The quantitative estimate of drug-likeness (QED) is 0.468. The summed E-state index contributed by atoms with van der Waals surface area (Å²) in [5, 5.41) is 38.7. The maximum absolute atomic E-state index is 10.7. The molecule has 0 radical (unpaired) electrons. The summed E-state index contributed by atoms with van der Waals surface area (Å²) in [6.07, 6.45) is 3.60. The Labute approximate surface area is 197 Å². The van der Waals surface area contributed by atoms with E-state index in [0.717, 1.165) is 18.4 Å². The number of piperidine rings is 1. The van der Waals surface area contributed by atoms with Crippen LogP contribution in [0.4, 0.5) is 5.95 Å². The molecular formula is C23H28N10O. The molecule has 1 fully saturated rings. The van der Waals surface area contributed by atoms with Crippen LogP contribution in [0.25, 0.3) is 28.2 Å². The predicted octanol–water partition coefficient (Wildman–Crippen LogP) is 2.49. The van der Waals surface area contributed by atoms with Crippen LogP contribution < -0.4 is 10.2 Å². The Bertz CT molecular complexity index is 1320. The minimum atomic E-state index is 0.0193. The molecule has 4 aromatic rings. The number of aromatic hydroxyl groups is 1. The summed E-state index contributed by atoms with van der Waals surface area (Å²) in [7, 11) is 2.01. The highest BCUT2D eigenvalue weighted by atomic mass is 16.3. The fraction of sp³-hybridized carbons (Fsp3) is 0.435. The molecule has 0 bridgehead atoms. The third-order valence-corrected chi connectivity index (χ3v) is 6.22. The number of hydrogen-bond donors (Lipinski definition) is 2. The molecule has 0 spiro atoms. The minimum absolute atomic E-state index is 0.0193. The standard InChI is InChI=1S/C23H28N10O/c1-22(2)11-15(12-23(3,4)29-22)32(5)21-24-13-18(25-27-21)16-7-6-14(10-19(16)34)17-8-9-20-26-30-31-33(20)28-17/h6-10,13,15,29,34H,11-12H2,1-5H3. The molecule has 3 aromatic heterocycles. The number of phenolic OH excluding ortho intramolecular Hbond substituents is 1. The number of nitrogens with one attached hydrogen (secondary N) is 1. The molecule has 0 saturated carbocycles. The van der Waals surface area contributed by atoms with Gasteiger partial charge in [-0.1, -0.05) is 6.07 Å². The van der Waals surface area contributed by atoms with E-state index in [4.69, 9.17) is 0 Å². The highest BCUT2D eigenvalue weighted by Crippen LogP contribution is 2.34. The molecule has 1 aromatic carbocycles. The van der Waals surface area contributed by atoms with Gasteiger partial charge in [-0.3, -0.25) is 0 Å². The molecule has 34 heavy (non-hydrogen) atoms. The third kappa shape index (κ3) is 4.26. The number of fused-ring (bicyclic) bond motifs is 1. The van der Waals surface area contributed by atoms with Crippen LogP contribution in [0, 0.1) is 0 Å². The van der Waals surface area contributed by atoms with Crippen LogP contribution in [0.1, 0.15) is 40.5 Å². The van der Waals surface area contributed by atoms with Crippen molar-refractivity contribution in [2.24, 2.45) is 0 Å². The first kappa shape index (κ1) is 22.1. The lowest BCUT2D eigenvalue weighted by Gasteiger charge is -2.48. The molecule has 1 aliphatic heterocycles. The van der Waals surface area contributed by atoms with Gasteiger partial charge in [0.1, 0.15) is 11.4 Å². The predicted molar refractivity (Wildman–Crippen MR) is 127 cm³/mol. The highest BCUT2D eigenvalue weighted by Gasteiger charge is 2.39. The van der Waals surface area contributed by atoms with Gasteiger partial charge in [0.2, 0.25) is 5.95 Å². The van der Waals surface area contributed by atoms with E-state index in [9.17, 15) is 5.11 Å². The number of tetrazole rings is 1. The number of benzene rings is 1. The summed E-state index contributed by atoms with van der Waals surface area (Å²) < 4.78 is 1.34. The third-order valence-electron chi connectivity index (χ3n) is 6.22. The van der Waals surface area contributed by atoms with Gasteiger partial charge in [0.05, 0.1) is 11.9 Å². The number of phenols is 1. The summed E-state index contributed by atoms with van der Waals surface area (Å²) in [4.78, 5) is 6.66. The van der Waals surface area contributed by atoms with Crippen molar-refractivity contribution in [3.05, 3.63) is 36.5 Å². The normalized spacial score (nSPS) is 17.7. The van der Waals surface area contributed by atoms with Crippen LogP contribution in [0.2, 0.25) is 0 Å². The molecule has 0 aliphatic carbocycles. The average molecular weight is 461 g/mol. The van der Waals surface area contributed by atoms with Crippen molar-refractivity contribution in [1.29, 1.82) is 0 Å². The van der Waals surface area contributed by atoms with E-state index in [-0.39, 0.29) is 22.9 Å². The first-order chi connectivity index (χ1) is 16.1. The van der Waals surface area contributed by atoms with E-state index >= 15 is 0 Å². The first-order valence-corrected chi connectivity index (χ1v) is 11.2. The van der Waals surface area contributed by atoms with Gasteiger partial charge in [-0.2, -0.15) is 0 Å². The molecule has 1 aliphatic rings. The topological polar surface area (TPSA) is 130 Å². The van der Waals surface area contributed by atoms with Crippen LogP contribution in [0.15, 0.2) is 36.5 Å². The molecule has 1 saturated heterocycles. The smallest absolute Gasteiger partial charge is 0.245 e. The monoisotopic (exact) mass is 460 g/mol. The SMILES string of the molecule is CN(c1ncc(-c2ccc(-c3ccc4nnnn4n3)cc2O)nn1)C1CC(C)(C)NC(C)(C)C1. The lowest BCUT2D eigenvalue weighted by atomic mass is 9.79. The Morgan fingerprint density at radius 3 is 2.44 bits per heavy atom. The van der Waals surface area contributed by atoms with Crippen molar-refractivity contribution >= 4 is 11.6 Å². The van der Waals surface area contributed by atoms with Crippen LogP contribution in [-0.4, -0.2) is 69.7 Å². The summed E-state index contributed by atoms with van der Waals surface area (Å²) in [6.45, 7) is 8.89. The molecule has 0 amide bonds. The van der Waals surface area contributed by atoms with Crippen molar-refractivity contribution in [3.63, 3.8) is 0 Å². The summed E-state index contributed by atoms with van der Waals surface area (Å²) in [5.74, 6) is 0.632. The Kier molecular flexibility index (Phi) is 5.16. The zero-order valence-corrected chi connectivity index (χ0v) is 19.9. The second kappa shape index (κ2) is 7.94. The zero-order chi connectivity index (χ0) is 24.1. The second-order valence-electron chi connectivity index (χ2n) is 10.2. The van der Waals surface area contributed by atoms with Crippen molar-refractivity contribution in [2.75, 3.05) is 11.9 Å². The van der Waals surface area contributed by atoms with E-state index in [2.05, 4.69) is 73.7 Å². The van der Waals surface area contributed by atoms with Gasteiger partial charge in [-0.15, -0.1) is 25.0 Å². The average Bonchev–Trinajstić information content (AvgIpc) is 3.24. The Morgan fingerprint density at radius 1 is 1.00 bits per heavy atom. The first-order valence-electron chi connectivity index (χ1n) is 11.2. The number of rotatable bonds is 4. The molecule has 11 nitrogen and oxygen atoms in total. The lowest BCUT2D eigenvalue weighted by Crippen LogP contribution is -2.62. The number of aromatic nitrogens is 8. The van der Waals surface area contributed by atoms with Gasteiger partial charge < -0.3 is 15.3 Å². The highest BCUT2D eigenvalue weighted by molar-refractivity contribution is 5.72. The Balaban J connectivity index is 1.37. The van der Waals surface area contributed by atoms with E-state index in [1.165, 1.54) is 4.63 Å². The molecule has 0 unspecified atom stereocenters. The van der Waals surface area contributed by atoms with E-state index in [0.29, 0.717) is 28.5 Å². The van der Waals surface area contributed by atoms with Gasteiger partial charge in [0.15, 0.2) is 5.65 Å². The minimum Gasteiger partial charge on any atom is -0.507 e. The van der Waals surface area contributed by atoms with Crippen molar-refractivity contribution < 1.29 is 5.11 Å². The van der Waals surface area contributed by atoms with Crippen LogP contribution in [-0.2, 0) is 0 Å². The molecule has 176 valence electrons. The van der Waals surface area contributed by atoms with Crippen LogP contribution >= 0.6 is 0 Å². The fourth-order valence-electron chi connectivity index (χ4n) is 4.97. The van der Waals surface area contributed by atoms with E-state index in [1.54, 1.807) is 30.5 Å². The van der Waals surface area contributed by atoms with Crippen molar-refractivity contribution in [1.82, 2.24) is 45.8 Å². The lowest BCUT2D eigenvalue weighted by molar-refractivity contribution is 0.160. The van der Waals surface area contributed by atoms with Crippen LogP contribution in [0.3, 0.4) is 0 Å². The van der Waals surface area contributed by atoms with Gasteiger partial charge in [-0.25, -0.2) is 4.98 Å². The second-order valence-corrected chi connectivity index (χ2v) is 10.2. The van der Waals surface area contributed by atoms with E-state index in [1.807, 2.05) is 13.1 Å². The van der Waals surface area contributed by atoms with Gasteiger partial charge >= 0.3 is 0 Å². The molecular weight excluding hydrogens is 432 g/mol. The summed E-state index contributed by atoms with van der Waals surface area (Å²) >= 11 is 0. The van der Waals surface area contributed by atoms with Crippen LogP contribution in [0.5, 0.6) is 5.75 Å². The summed E-state index contributed by atoms with van der Waals surface area (Å²) in [5.41, 5.74) is 2.99. The zero-order valence-electron chi connectivity index (χ0n) is 19.9. The summed E-state index contributed by atoms with van der Waals surface area (Å²) in [6, 6.07) is 9.13. The largest absolute Gasteiger partial charge is 0.507 e. The number of anilines is 1. The molecule has 0 atom stereocenters. The number of hydrogen-bond acceptors (Lipinski definition) is 10. The maximum atomic E-state index is 10.7. The molecule has 4 heterocycles. The van der Waals surface area contributed by atoms with Gasteiger partial charge in [-0.05, 0) is 75.2 Å². The molecule has 11 heteroatoms. The fourth-order valence-corrected chi connectivity index (χ4v) is 4.97. The molecule has 2 N–H and O–H groups in total. The number of nitrogens with zero attached hydrogens (tertiary/aromatic N) is 9. The van der Waals surface area contributed by atoms with E-state index < -0.39 is 0 Å². The Hall–Kier alpha value is -3.73. The molecule has 5 rings (SSSR count). The Morgan fingerprint density at radius 2 is 1.76 bits per heavy atom. The van der Waals surface area contributed by atoms with Crippen molar-refractivity contribution in [2.45, 2.75) is 57.7 Å². The van der Waals surface area contributed by atoms with Gasteiger partial charge in [0.25, 0.3) is 0 Å². The van der Waals surface area contributed by atoms with Crippen molar-refractivity contribution in [3.8, 4) is 28.3 Å². The van der Waals surface area contributed by atoms with Gasteiger partial charge in [0, 0.05) is 35.3 Å². The maximum Gasteiger partial charge on any atom is 0.245 e.